The Hall–Kier alpha value is -1.80. The van der Waals surface area contributed by atoms with Gasteiger partial charge in [0.15, 0.2) is 0 Å². The molecule has 0 amide bonds. The number of benzene rings is 2. The monoisotopic (exact) mass is 288 g/mol. The summed E-state index contributed by atoms with van der Waals surface area (Å²) in [6.45, 7) is 3.95. The molecule has 1 N–H and O–H groups in total. The summed E-state index contributed by atoms with van der Waals surface area (Å²) in [7, 11) is 0. The van der Waals surface area contributed by atoms with E-state index in [1.165, 1.54) is 5.56 Å². The van der Waals surface area contributed by atoms with Crippen molar-refractivity contribution < 1.29 is 9.90 Å². The van der Waals surface area contributed by atoms with E-state index in [1.807, 2.05) is 56.3 Å². The van der Waals surface area contributed by atoms with Crippen molar-refractivity contribution in [3.63, 3.8) is 0 Å². The van der Waals surface area contributed by atoms with E-state index >= 15 is 0 Å². The van der Waals surface area contributed by atoms with Crippen molar-refractivity contribution >= 4 is 17.6 Å². The molecular weight excluding hydrogens is 272 g/mol. The van der Waals surface area contributed by atoms with Crippen molar-refractivity contribution in [3.8, 4) is 11.1 Å². The highest BCUT2D eigenvalue weighted by atomic mass is 35.5. The van der Waals surface area contributed by atoms with Crippen molar-refractivity contribution in [3.05, 3.63) is 58.6 Å². The van der Waals surface area contributed by atoms with Gasteiger partial charge in [-0.05, 0) is 36.1 Å². The molecule has 104 valence electrons. The maximum absolute atomic E-state index is 10.8. The Kier molecular flexibility index (Phi) is 4.46. The van der Waals surface area contributed by atoms with Crippen LogP contribution in [-0.2, 0) is 4.79 Å². The maximum atomic E-state index is 10.8. The summed E-state index contributed by atoms with van der Waals surface area (Å²) in [5.41, 5.74) is 4.18. The first-order valence-electron chi connectivity index (χ1n) is 6.55. The molecular formula is C17H17ClO2. The average molecular weight is 289 g/mol. The van der Waals surface area contributed by atoms with Crippen LogP contribution in [0.4, 0.5) is 0 Å². The van der Waals surface area contributed by atoms with Gasteiger partial charge < -0.3 is 5.11 Å². The number of rotatable bonds is 4. The summed E-state index contributed by atoms with van der Waals surface area (Å²) >= 11 is 6.26. The maximum Gasteiger partial charge on any atom is 0.303 e. The van der Waals surface area contributed by atoms with Gasteiger partial charge in [0.25, 0.3) is 0 Å². The molecule has 0 heterocycles. The van der Waals surface area contributed by atoms with E-state index in [2.05, 4.69) is 0 Å². The molecule has 1 unspecified atom stereocenters. The van der Waals surface area contributed by atoms with Crippen molar-refractivity contribution in [2.24, 2.45) is 0 Å². The van der Waals surface area contributed by atoms with E-state index in [0.717, 1.165) is 16.7 Å². The molecule has 2 rings (SSSR count). The lowest BCUT2D eigenvalue weighted by Gasteiger charge is -2.13. The molecule has 3 heteroatoms. The molecule has 0 aliphatic carbocycles. The van der Waals surface area contributed by atoms with Crippen molar-refractivity contribution in [2.75, 3.05) is 0 Å². The van der Waals surface area contributed by atoms with Gasteiger partial charge in [-0.3, -0.25) is 4.79 Å². The molecule has 0 fully saturated rings. The van der Waals surface area contributed by atoms with Gasteiger partial charge in [0.1, 0.15) is 0 Å². The number of halogens is 1. The van der Waals surface area contributed by atoms with Gasteiger partial charge in [-0.15, -0.1) is 0 Å². The third-order valence-corrected chi connectivity index (χ3v) is 3.73. The van der Waals surface area contributed by atoms with Crippen molar-refractivity contribution in [1.82, 2.24) is 0 Å². The molecule has 0 aliphatic rings. The fourth-order valence-corrected chi connectivity index (χ4v) is 2.41. The summed E-state index contributed by atoms with van der Waals surface area (Å²) in [6, 6.07) is 13.9. The van der Waals surface area contributed by atoms with Crippen LogP contribution in [0.15, 0.2) is 42.5 Å². The number of carboxylic acid groups (broad SMARTS) is 1. The molecule has 0 saturated heterocycles. The zero-order valence-electron chi connectivity index (χ0n) is 11.6. The third-order valence-electron chi connectivity index (χ3n) is 3.40. The van der Waals surface area contributed by atoms with Crippen molar-refractivity contribution in [1.29, 1.82) is 0 Å². The van der Waals surface area contributed by atoms with E-state index < -0.39 is 5.97 Å². The molecule has 20 heavy (non-hydrogen) atoms. The summed E-state index contributed by atoms with van der Waals surface area (Å²) in [4.78, 5) is 10.8. The molecule has 2 aromatic rings. The van der Waals surface area contributed by atoms with Crippen molar-refractivity contribution in [2.45, 2.75) is 26.2 Å². The fraction of sp³-hybridized carbons (Fsp3) is 0.235. The van der Waals surface area contributed by atoms with Gasteiger partial charge in [-0.1, -0.05) is 54.4 Å². The fourth-order valence-electron chi connectivity index (χ4n) is 2.18. The third kappa shape index (κ3) is 3.40. The van der Waals surface area contributed by atoms with E-state index in [9.17, 15) is 4.79 Å². The van der Waals surface area contributed by atoms with Gasteiger partial charge in [-0.2, -0.15) is 0 Å². The minimum absolute atomic E-state index is 0.0334. The highest BCUT2D eigenvalue weighted by molar-refractivity contribution is 6.33. The summed E-state index contributed by atoms with van der Waals surface area (Å²) in [6.07, 6.45) is 0.120. The largest absolute Gasteiger partial charge is 0.481 e. The minimum atomic E-state index is -0.788. The smallest absolute Gasteiger partial charge is 0.303 e. The van der Waals surface area contributed by atoms with Gasteiger partial charge in [0.2, 0.25) is 0 Å². The second kappa shape index (κ2) is 6.10. The molecule has 0 aromatic heterocycles. The molecule has 0 saturated carbocycles. The van der Waals surface area contributed by atoms with Gasteiger partial charge in [0.05, 0.1) is 6.42 Å². The van der Waals surface area contributed by atoms with E-state index in [-0.39, 0.29) is 12.3 Å². The Balaban J connectivity index is 2.38. The second-order valence-electron chi connectivity index (χ2n) is 5.10. The van der Waals surface area contributed by atoms with Gasteiger partial charge in [0, 0.05) is 10.6 Å². The SMILES string of the molecule is Cc1ccc(-c2cc(C(C)CC(=O)O)ccc2Cl)cc1. The van der Waals surface area contributed by atoms with Crippen LogP contribution in [0.3, 0.4) is 0 Å². The summed E-state index contributed by atoms with van der Waals surface area (Å²) < 4.78 is 0. The molecule has 2 nitrogen and oxygen atoms in total. The molecule has 0 aliphatic heterocycles. The van der Waals surface area contributed by atoms with E-state index in [4.69, 9.17) is 16.7 Å². The van der Waals surface area contributed by atoms with E-state index in [0.29, 0.717) is 5.02 Å². The first kappa shape index (κ1) is 14.6. The number of aryl methyl sites for hydroxylation is 1. The van der Waals surface area contributed by atoms with Crippen LogP contribution >= 0.6 is 11.6 Å². The first-order chi connectivity index (χ1) is 9.47. The molecule has 0 bridgehead atoms. The Morgan fingerprint density at radius 1 is 1.20 bits per heavy atom. The Bertz CT molecular complexity index is 617. The number of hydrogen-bond acceptors (Lipinski definition) is 1. The Morgan fingerprint density at radius 3 is 2.45 bits per heavy atom. The summed E-state index contributed by atoms with van der Waals surface area (Å²) in [5, 5.41) is 9.57. The van der Waals surface area contributed by atoms with Crippen LogP contribution in [0.1, 0.15) is 30.4 Å². The normalized spacial score (nSPS) is 12.2. The lowest BCUT2D eigenvalue weighted by Crippen LogP contribution is -2.03. The number of carbonyl (C=O) groups is 1. The van der Waals surface area contributed by atoms with Crippen LogP contribution in [-0.4, -0.2) is 11.1 Å². The lowest BCUT2D eigenvalue weighted by molar-refractivity contribution is -0.137. The van der Waals surface area contributed by atoms with Gasteiger partial charge in [-0.25, -0.2) is 0 Å². The molecule has 0 spiro atoms. The highest BCUT2D eigenvalue weighted by Crippen LogP contribution is 2.32. The number of carboxylic acids is 1. The number of aliphatic carboxylic acids is 1. The zero-order chi connectivity index (χ0) is 14.7. The summed E-state index contributed by atoms with van der Waals surface area (Å²) in [5.74, 6) is -0.821. The Labute approximate surface area is 124 Å². The topological polar surface area (TPSA) is 37.3 Å². The predicted octanol–water partition coefficient (Wildman–Crippen LogP) is 4.89. The Morgan fingerprint density at radius 2 is 1.85 bits per heavy atom. The van der Waals surface area contributed by atoms with Crippen LogP contribution in [0.25, 0.3) is 11.1 Å². The molecule has 0 radical (unpaired) electrons. The van der Waals surface area contributed by atoms with Gasteiger partial charge >= 0.3 is 5.97 Å². The first-order valence-corrected chi connectivity index (χ1v) is 6.93. The highest BCUT2D eigenvalue weighted by Gasteiger charge is 2.12. The average Bonchev–Trinajstić information content (AvgIpc) is 2.39. The quantitative estimate of drug-likeness (QED) is 0.869. The van der Waals surface area contributed by atoms with E-state index in [1.54, 1.807) is 0 Å². The minimum Gasteiger partial charge on any atom is -0.481 e. The lowest BCUT2D eigenvalue weighted by atomic mass is 9.94. The van der Waals surface area contributed by atoms with Crippen LogP contribution < -0.4 is 0 Å². The molecule has 1 atom stereocenters. The predicted molar refractivity (Wildman–Crippen MR) is 82.3 cm³/mol. The standard InChI is InChI=1S/C17H17ClO2/c1-11-3-5-13(6-4-11)15-10-14(7-8-16(15)18)12(2)9-17(19)20/h3-8,10,12H,9H2,1-2H3,(H,19,20). The van der Waals surface area contributed by atoms with Crippen LogP contribution in [0.5, 0.6) is 0 Å². The van der Waals surface area contributed by atoms with Crippen LogP contribution in [0.2, 0.25) is 5.02 Å². The van der Waals surface area contributed by atoms with Crippen LogP contribution in [0, 0.1) is 6.92 Å². The second-order valence-corrected chi connectivity index (χ2v) is 5.51. The zero-order valence-corrected chi connectivity index (χ0v) is 12.3. The number of hydrogen-bond donors (Lipinski definition) is 1. The molecule has 2 aromatic carbocycles.